The van der Waals surface area contributed by atoms with Gasteiger partial charge in [0.05, 0.1) is 6.61 Å². The monoisotopic (exact) mass is 272 g/mol. The van der Waals surface area contributed by atoms with Crippen LogP contribution in [0.1, 0.15) is 12.5 Å². The highest BCUT2D eigenvalue weighted by molar-refractivity contribution is 9.10. The van der Waals surface area contributed by atoms with E-state index in [4.69, 9.17) is 9.84 Å². The van der Waals surface area contributed by atoms with Crippen LogP contribution in [0.25, 0.3) is 0 Å². The SMILES string of the molecule is CCOc1ccccc1C[C@H](Br)C(=O)O. The van der Waals surface area contributed by atoms with Gasteiger partial charge in [0.1, 0.15) is 10.6 Å². The summed E-state index contributed by atoms with van der Waals surface area (Å²) < 4.78 is 5.40. The Hall–Kier alpha value is -1.03. The molecule has 0 amide bonds. The lowest BCUT2D eigenvalue weighted by atomic mass is 10.1. The summed E-state index contributed by atoms with van der Waals surface area (Å²) in [5, 5.41) is 8.78. The predicted molar refractivity (Wildman–Crippen MR) is 61.7 cm³/mol. The van der Waals surface area contributed by atoms with Crippen LogP contribution in [-0.2, 0) is 11.2 Å². The van der Waals surface area contributed by atoms with Crippen LogP contribution in [0.2, 0.25) is 0 Å². The molecule has 3 nitrogen and oxygen atoms in total. The molecule has 1 N–H and O–H groups in total. The third-order valence-electron chi connectivity index (χ3n) is 1.94. The summed E-state index contributed by atoms with van der Waals surface area (Å²) in [5.74, 6) is -0.105. The Morgan fingerprint density at radius 1 is 1.53 bits per heavy atom. The van der Waals surface area contributed by atoms with Crippen molar-refractivity contribution in [3.63, 3.8) is 0 Å². The number of ether oxygens (including phenoxy) is 1. The number of rotatable bonds is 5. The molecule has 1 rings (SSSR count). The number of hydrogen-bond donors (Lipinski definition) is 1. The minimum absolute atomic E-state index is 0.422. The highest BCUT2D eigenvalue weighted by atomic mass is 79.9. The molecule has 82 valence electrons. The Morgan fingerprint density at radius 2 is 2.20 bits per heavy atom. The number of para-hydroxylation sites is 1. The van der Waals surface area contributed by atoms with Crippen molar-refractivity contribution >= 4 is 21.9 Å². The molecule has 1 aromatic rings. The van der Waals surface area contributed by atoms with Crippen LogP contribution in [-0.4, -0.2) is 22.5 Å². The standard InChI is InChI=1S/C11H13BrO3/c1-2-15-10-6-4-3-5-8(10)7-9(12)11(13)14/h3-6,9H,2,7H2,1H3,(H,13,14)/t9-/m0/s1. The Morgan fingerprint density at radius 3 is 2.80 bits per heavy atom. The lowest BCUT2D eigenvalue weighted by Gasteiger charge is -2.10. The normalized spacial score (nSPS) is 12.1. The first-order valence-electron chi connectivity index (χ1n) is 4.72. The van der Waals surface area contributed by atoms with E-state index < -0.39 is 10.8 Å². The number of alkyl halides is 1. The summed E-state index contributed by atoms with van der Waals surface area (Å²) in [5.41, 5.74) is 0.906. The maximum absolute atomic E-state index is 10.7. The summed E-state index contributed by atoms with van der Waals surface area (Å²) in [6.07, 6.45) is 0.422. The lowest BCUT2D eigenvalue weighted by Crippen LogP contribution is -2.15. The second-order valence-corrected chi connectivity index (χ2v) is 4.16. The average molecular weight is 273 g/mol. The van der Waals surface area contributed by atoms with Gasteiger partial charge >= 0.3 is 5.97 Å². The molecule has 0 unspecified atom stereocenters. The molecule has 0 radical (unpaired) electrons. The topological polar surface area (TPSA) is 46.5 Å². The van der Waals surface area contributed by atoms with Gasteiger partial charge in [0.15, 0.2) is 0 Å². The Kier molecular flexibility index (Phi) is 4.62. The average Bonchev–Trinajstić information content (AvgIpc) is 2.21. The number of hydrogen-bond acceptors (Lipinski definition) is 2. The maximum atomic E-state index is 10.7. The summed E-state index contributed by atoms with van der Waals surface area (Å²) in [6, 6.07) is 7.47. The molecule has 0 spiro atoms. The van der Waals surface area contributed by atoms with Crippen molar-refractivity contribution in [3.8, 4) is 5.75 Å². The Labute approximate surface area is 97.2 Å². The van der Waals surface area contributed by atoms with Crippen LogP contribution in [0.4, 0.5) is 0 Å². The number of halogens is 1. The Balaban J connectivity index is 2.79. The van der Waals surface area contributed by atoms with Crippen molar-refractivity contribution in [2.75, 3.05) is 6.61 Å². The first-order valence-corrected chi connectivity index (χ1v) is 5.64. The fourth-order valence-corrected chi connectivity index (χ4v) is 1.60. The van der Waals surface area contributed by atoms with Gasteiger partial charge in [-0.05, 0) is 25.0 Å². The minimum atomic E-state index is -0.860. The summed E-state index contributed by atoms with van der Waals surface area (Å²) in [7, 11) is 0. The van der Waals surface area contributed by atoms with Crippen LogP contribution in [0.3, 0.4) is 0 Å². The van der Waals surface area contributed by atoms with Gasteiger partial charge in [-0.15, -0.1) is 0 Å². The maximum Gasteiger partial charge on any atom is 0.317 e. The quantitative estimate of drug-likeness (QED) is 0.838. The second kappa shape index (κ2) is 5.75. The molecule has 0 aliphatic rings. The molecule has 1 aromatic carbocycles. The molecular weight excluding hydrogens is 260 g/mol. The van der Waals surface area contributed by atoms with E-state index in [0.29, 0.717) is 13.0 Å². The molecule has 0 fully saturated rings. The van der Waals surface area contributed by atoms with Gasteiger partial charge in [-0.1, -0.05) is 34.1 Å². The van der Waals surface area contributed by atoms with E-state index in [0.717, 1.165) is 11.3 Å². The van der Waals surface area contributed by atoms with Crippen LogP contribution >= 0.6 is 15.9 Å². The van der Waals surface area contributed by atoms with E-state index in [2.05, 4.69) is 15.9 Å². The highest BCUT2D eigenvalue weighted by Crippen LogP contribution is 2.21. The van der Waals surface area contributed by atoms with Crippen LogP contribution in [0.15, 0.2) is 24.3 Å². The fraction of sp³-hybridized carbons (Fsp3) is 0.364. The zero-order chi connectivity index (χ0) is 11.3. The van der Waals surface area contributed by atoms with Gasteiger partial charge in [-0.2, -0.15) is 0 Å². The molecule has 0 saturated heterocycles. The van der Waals surface area contributed by atoms with E-state index in [-0.39, 0.29) is 0 Å². The molecule has 1 atom stereocenters. The molecule has 4 heteroatoms. The van der Waals surface area contributed by atoms with Crippen molar-refractivity contribution in [1.29, 1.82) is 0 Å². The van der Waals surface area contributed by atoms with Gasteiger partial charge in [-0.25, -0.2) is 0 Å². The summed E-state index contributed by atoms with van der Waals surface area (Å²) in [4.78, 5) is 10.1. The van der Waals surface area contributed by atoms with E-state index >= 15 is 0 Å². The molecule has 0 aliphatic heterocycles. The van der Waals surface area contributed by atoms with Crippen molar-refractivity contribution in [2.45, 2.75) is 18.2 Å². The Bertz CT molecular complexity index is 338. The van der Waals surface area contributed by atoms with Crippen LogP contribution < -0.4 is 4.74 Å². The molecule has 0 heterocycles. The van der Waals surface area contributed by atoms with Gasteiger partial charge < -0.3 is 9.84 Å². The van der Waals surface area contributed by atoms with Gasteiger partial charge in [0, 0.05) is 0 Å². The lowest BCUT2D eigenvalue weighted by molar-refractivity contribution is -0.136. The van der Waals surface area contributed by atoms with E-state index in [9.17, 15) is 4.79 Å². The molecule has 15 heavy (non-hydrogen) atoms. The fourth-order valence-electron chi connectivity index (χ4n) is 1.25. The molecule has 0 aromatic heterocycles. The molecule has 0 bridgehead atoms. The number of benzene rings is 1. The largest absolute Gasteiger partial charge is 0.494 e. The molecule has 0 aliphatic carbocycles. The number of carboxylic acids is 1. The third-order valence-corrected chi connectivity index (χ3v) is 2.65. The zero-order valence-electron chi connectivity index (χ0n) is 8.44. The number of carbonyl (C=O) groups is 1. The van der Waals surface area contributed by atoms with Crippen molar-refractivity contribution in [2.24, 2.45) is 0 Å². The minimum Gasteiger partial charge on any atom is -0.494 e. The first kappa shape index (κ1) is 12.0. The van der Waals surface area contributed by atoms with Crippen molar-refractivity contribution < 1.29 is 14.6 Å². The summed E-state index contributed by atoms with van der Waals surface area (Å²) in [6.45, 7) is 2.48. The second-order valence-electron chi connectivity index (χ2n) is 3.05. The highest BCUT2D eigenvalue weighted by Gasteiger charge is 2.15. The van der Waals surface area contributed by atoms with Crippen molar-refractivity contribution in [1.82, 2.24) is 0 Å². The van der Waals surface area contributed by atoms with E-state index in [1.165, 1.54) is 0 Å². The van der Waals surface area contributed by atoms with Gasteiger partial charge in [0.2, 0.25) is 0 Å². The number of aliphatic carboxylic acids is 1. The van der Waals surface area contributed by atoms with E-state index in [1.807, 2.05) is 31.2 Å². The van der Waals surface area contributed by atoms with Crippen LogP contribution in [0.5, 0.6) is 5.75 Å². The molecule has 0 saturated carbocycles. The summed E-state index contributed by atoms with van der Waals surface area (Å²) >= 11 is 3.11. The zero-order valence-corrected chi connectivity index (χ0v) is 10.0. The van der Waals surface area contributed by atoms with E-state index in [1.54, 1.807) is 0 Å². The van der Waals surface area contributed by atoms with Gasteiger partial charge in [-0.3, -0.25) is 4.79 Å². The number of carboxylic acid groups (broad SMARTS) is 1. The first-order chi connectivity index (χ1) is 7.15. The smallest absolute Gasteiger partial charge is 0.317 e. The van der Waals surface area contributed by atoms with Crippen molar-refractivity contribution in [3.05, 3.63) is 29.8 Å². The predicted octanol–water partition coefficient (Wildman–Crippen LogP) is 2.48. The van der Waals surface area contributed by atoms with Crippen LogP contribution in [0, 0.1) is 0 Å². The third kappa shape index (κ3) is 3.55. The van der Waals surface area contributed by atoms with Gasteiger partial charge in [0.25, 0.3) is 0 Å². The molecular formula is C11H13BrO3.